The molecule has 0 radical (unpaired) electrons. The van der Waals surface area contributed by atoms with Crippen molar-refractivity contribution in [1.29, 1.82) is 0 Å². The Bertz CT molecular complexity index is 559. The maximum Gasteiger partial charge on any atom is 0.335 e. The highest BCUT2D eigenvalue weighted by Crippen LogP contribution is 2.27. The average Bonchev–Trinajstić information content (AvgIpc) is 2.55. The summed E-state index contributed by atoms with van der Waals surface area (Å²) in [6, 6.07) is 3.71. The number of benzene rings is 1. The Morgan fingerprint density at radius 1 is 1.13 bits per heavy atom. The molecule has 0 spiro atoms. The molecule has 1 fully saturated rings. The van der Waals surface area contributed by atoms with Crippen molar-refractivity contribution in [3.8, 4) is 5.75 Å². The summed E-state index contributed by atoms with van der Waals surface area (Å²) in [4.78, 5) is 10.9. The predicted molar refractivity (Wildman–Crippen MR) is 73.7 cm³/mol. The first-order valence-electron chi connectivity index (χ1n) is 6.83. The second-order valence-corrected chi connectivity index (χ2v) is 5.10. The van der Waals surface area contributed by atoms with E-state index in [0.29, 0.717) is 0 Å². The summed E-state index contributed by atoms with van der Waals surface area (Å²) >= 11 is 0. The Morgan fingerprint density at radius 3 is 2.39 bits per heavy atom. The minimum absolute atomic E-state index is 0.0434. The molecule has 1 aromatic carbocycles. The first-order chi connectivity index (χ1) is 10.9. The standard InChI is InChI=1S/C14H18O9/c15-4-7-3-6(13(20)21)1-2-8(7)22-14-12(19)11(18)10(17)9(5-16)23-14/h1-3,9-12,14-19H,4-5H2,(H,20,21)/t9-,10-,11+,12-,14-/m1/s1. The fraction of sp³-hybridized carbons (Fsp3) is 0.500. The third-order valence-corrected chi connectivity index (χ3v) is 3.57. The lowest BCUT2D eigenvalue weighted by atomic mass is 9.99. The molecule has 0 aliphatic carbocycles. The Balaban J connectivity index is 2.22. The Kier molecular flexibility index (Phi) is 5.52. The summed E-state index contributed by atoms with van der Waals surface area (Å²) in [6.07, 6.45) is -7.25. The van der Waals surface area contributed by atoms with Crippen LogP contribution in [0, 0.1) is 0 Å². The first-order valence-corrected chi connectivity index (χ1v) is 6.83. The number of aliphatic hydroxyl groups excluding tert-OH is 5. The van der Waals surface area contributed by atoms with E-state index in [9.17, 15) is 25.2 Å². The normalized spacial score (nSPS) is 30.9. The van der Waals surface area contributed by atoms with Gasteiger partial charge in [-0.05, 0) is 18.2 Å². The largest absolute Gasteiger partial charge is 0.478 e. The van der Waals surface area contributed by atoms with Crippen molar-refractivity contribution in [2.75, 3.05) is 6.61 Å². The minimum atomic E-state index is -1.60. The van der Waals surface area contributed by atoms with Crippen LogP contribution < -0.4 is 4.74 Å². The molecule has 0 amide bonds. The summed E-state index contributed by atoms with van der Waals surface area (Å²) in [5, 5.41) is 56.6. The summed E-state index contributed by atoms with van der Waals surface area (Å²) in [5.74, 6) is -1.14. The lowest BCUT2D eigenvalue weighted by Gasteiger charge is -2.39. The summed E-state index contributed by atoms with van der Waals surface area (Å²) in [6.45, 7) is -1.12. The highest BCUT2D eigenvalue weighted by Gasteiger charge is 2.44. The number of ether oxygens (including phenoxy) is 2. The van der Waals surface area contributed by atoms with Crippen LogP contribution in [-0.2, 0) is 11.3 Å². The molecule has 5 atom stereocenters. The van der Waals surface area contributed by atoms with Crippen molar-refractivity contribution < 1.29 is 44.9 Å². The molecule has 6 N–H and O–H groups in total. The van der Waals surface area contributed by atoms with Crippen LogP contribution in [0.4, 0.5) is 0 Å². The molecule has 1 saturated heterocycles. The van der Waals surface area contributed by atoms with Gasteiger partial charge in [0, 0.05) is 5.56 Å². The third-order valence-electron chi connectivity index (χ3n) is 3.57. The van der Waals surface area contributed by atoms with Gasteiger partial charge < -0.3 is 40.1 Å². The zero-order valence-electron chi connectivity index (χ0n) is 11.9. The SMILES string of the molecule is O=C(O)c1ccc(O[C@@H]2O[C@H](CO)[C@@H](O)[C@H](O)[C@H]2O)c(CO)c1. The lowest BCUT2D eigenvalue weighted by molar-refractivity contribution is -0.277. The van der Waals surface area contributed by atoms with Gasteiger partial charge in [-0.15, -0.1) is 0 Å². The van der Waals surface area contributed by atoms with Crippen LogP contribution in [0.5, 0.6) is 5.75 Å². The number of carboxylic acids is 1. The molecule has 9 heteroatoms. The van der Waals surface area contributed by atoms with E-state index in [2.05, 4.69) is 0 Å². The fourth-order valence-electron chi connectivity index (χ4n) is 2.24. The number of aromatic carboxylic acids is 1. The van der Waals surface area contributed by atoms with Crippen molar-refractivity contribution in [2.45, 2.75) is 37.3 Å². The van der Waals surface area contributed by atoms with Gasteiger partial charge in [0.2, 0.25) is 6.29 Å². The number of hydrogen-bond donors (Lipinski definition) is 6. The van der Waals surface area contributed by atoms with Crippen LogP contribution in [-0.4, -0.2) is 73.9 Å². The predicted octanol–water partition coefficient (Wildman–Crippen LogP) is -1.94. The van der Waals surface area contributed by atoms with Crippen molar-refractivity contribution in [1.82, 2.24) is 0 Å². The molecule has 0 bridgehead atoms. The van der Waals surface area contributed by atoms with Gasteiger partial charge in [0.15, 0.2) is 0 Å². The topological polar surface area (TPSA) is 157 Å². The maximum absolute atomic E-state index is 10.9. The maximum atomic E-state index is 10.9. The molecule has 23 heavy (non-hydrogen) atoms. The molecule has 0 aromatic heterocycles. The molecule has 9 nitrogen and oxygen atoms in total. The van der Waals surface area contributed by atoms with E-state index >= 15 is 0 Å². The van der Waals surface area contributed by atoms with E-state index in [1.54, 1.807) is 0 Å². The molecule has 1 heterocycles. The number of aliphatic hydroxyl groups is 5. The van der Waals surface area contributed by atoms with Crippen molar-refractivity contribution in [3.63, 3.8) is 0 Å². The van der Waals surface area contributed by atoms with E-state index in [1.165, 1.54) is 18.2 Å². The molecular formula is C14H18O9. The molecule has 1 aromatic rings. The van der Waals surface area contributed by atoms with E-state index in [4.69, 9.17) is 19.7 Å². The van der Waals surface area contributed by atoms with Crippen molar-refractivity contribution >= 4 is 5.97 Å². The molecule has 0 unspecified atom stereocenters. The summed E-state index contributed by atoms with van der Waals surface area (Å²) in [7, 11) is 0. The van der Waals surface area contributed by atoms with Crippen LogP contribution >= 0.6 is 0 Å². The van der Waals surface area contributed by atoms with Crippen LogP contribution in [0.15, 0.2) is 18.2 Å². The molecule has 1 aliphatic rings. The minimum Gasteiger partial charge on any atom is -0.478 e. The van der Waals surface area contributed by atoms with Crippen LogP contribution in [0.1, 0.15) is 15.9 Å². The highest BCUT2D eigenvalue weighted by atomic mass is 16.7. The van der Waals surface area contributed by atoms with Gasteiger partial charge in [-0.3, -0.25) is 0 Å². The van der Waals surface area contributed by atoms with Crippen molar-refractivity contribution in [3.05, 3.63) is 29.3 Å². The van der Waals surface area contributed by atoms with Crippen LogP contribution in [0.25, 0.3) is 0 Å². The first kappa shape index (κ1) is 17.6. The van der Waals surface area contributed by atoms with E-state index in [1.807, 2.05) is 0 Å². The average molecular weight is 330 g/mol. The number of rotatable bonds is 5. The van der Waals surface area contributed by atoms with Gasteiger partial charge in [-0.1, -0.05) is 0 Å². The second-order valence-electron chi connectivity index (χ2n) is 5.10. The van der Waals surface area contributed by atoms with E-state index in [-0.39, 0.29) is 16.9 Å². The van der Waals surface area contributed by atoms with E-state index in [0.717, 1.165) is 0 Å². The molecule has 128 valence electrons. The summed E-state index contributed by atoms with van der Waals surface area (Å²) in [5.41, 5.74) is 0.0806. The number of carboxylic acid groups (broad SMARTS) is 1. The van der Waals surface area contributed by atoms with Gasteiger partial charge >= 0.3 is 5.97 Å². The zero-order chi connectivity index (χ0) is 17.1. The van der Waals surface area contributed by atoms with Crippen LogP contribution in [0.3, 0.4) is 0 Å². The fourth-order valence-corrected chi connectivity index (χ4v) is 2.24. The number of hydrogen-bond acceptors (Lipinski definition) is 8. The zero-order valence-corrected chi connectivity index (χ0v) is 11.9. The Morgan fingerprint density at radius 2 is 1.83 bits per heavy atom. The number of carbonyl (C=O) groups is 1. The quantitative estimate of drug-likeness (QED) is 0.361. The highest BCUT2D eigenvalue weighted by molar-refractivity contribution is 5.88. The van der Waals surface area contributed by atoms with Crippen LogP contribution in [0.2, 0.25) is 0 Å². The smallest absolute Gasteiger partial charge is 0.335 e. The molecular weight excluding hydrogens is 312 g/mol. The monoisotopic (exact) mass is 330 g/mol. The van der Waals surface area contributed by atoms with Gasteiger partial charge in [-0.25, -0.2) is 4.79 Å². The van der Waals surface area contributed by atoms with E-state index < -0.39 is 49.9 Å². The molecule has 2 rings (SSSR count). The molecule has 0 saturated carbocycles. The van der Waals surface area contributed by atoms with Crippen molar-refractivity contribution in [2.24, 2.45) is 0 Å². The Labute approximate surface area is 130 Å². The summed E-state index contributed by atoms with van der Waals surface area (Å²) < 4.78 is 10.5. The third kappa shape index (κ3) is 3.61. The lowest BCUT2D eigenvalue weighted by Crippen LogP contribution is -2.60. The molecule has 1 aliphatic heterocycles. The van der Waals surface area contributed by atoms with Gasteiger partial charge in [-0.2, -0.15) is 0 Å². The van der Waals surface area contributed by atoms with Gasteiger partial charge in [0.05, 0.1) is 18.8 Å². The van der Waals surface area contributed by atoms with Gasteiger partial charge in [0.25, 0.3) is 0 Å². The second kappa shape index (κ2) is 7.21. The van der Waals surface area contributed by atoms with Gasteiger partial charge in [0.1, 0.15) is 30.2 Å². The Hall–Kier alpha value is -1.75.